The van der Waals surface area contributed by atoms with Crippen LogP contribution in [-0.4, -0.2) is 70.1 Å². The first kappa shape index (κ1) is 23.6. The second-order valence-electron chi connectivity index (χ2n) is 8.24. The molecule has 3 rings (SSSR count). The molecule has 5 atom stereocenters. The quantitative estimate of drug-likeness (QED) is 0.560. The van der Waals surface area contributed by atoms with Crippen LogP contribution >= 0.6 is 11.8 Å². The molecule has 3 unspecified atom stereocenters. The molecule has 0 saturated carbocycles. The van der Waals surface area contributed by atoms with Crippen molar-refractivity contribution in [1.29, 1.82) is 0 Å². The normalized spacial score (nSPS) is 24.8. The van der Waals surface area contributed by atoms with Crippen LogP contribution in [0.15, 0.2) is 30.3 Å². The van der Waals surface area contributed by atoms with E-state index in [0.29, 0.717) is 19.3 Å². The fourth-order valence-corrected chi connectivity index (χ4v) is 5.85. The lowest BCUT2D eigenvalue weighted by Gasteiger charge is -2.35. The summed E-state index contributed by atoms with van der Waals surface area (Å²) in [5.41, 5.74) is 1.10. The molecule has 0 radical (unpaired) electrons. The van der Waals surface area contributed by atoms with E-state index < -0.39 is 24.1 Å². The van der Waals surface area contributed by atoms with Crippen LogP contribution in [-0.2, 0) is 25.5 Å². The average Bonchev–Trinajstić information content (AvgIpc) is 3.16. The molecule has 1 aromatic rings. The Balaban J connectivity index is 1.70. The minimum Gasteiger partial charge on any atom is -0.480 e. The van der Waals surface area contributed by atoms with Gasteiger partial charge in [0, 0.05) is 6.04 Å². The maximum absolute atomic E-state index is 13.3. The van der Waals surface area contributed by atoms with Gasteiger partial charge in [-0.05, 0) is 62.5 Å². The maximum atomic E-state index is 13.3. The number of esters is 1. The highest BCUT2D eigenvalue weighted by atomic mass is 32.2. The first-order valence-electron chi connectivity index (χ1n) is 11.0. The number of carbonyl (C=O) groups is 3. The van der Waals surface area contributed by atoms with E-state index in [-0.39, 0.29) is 30.4 Å². The van der Waals surface area contributed by atoms with Gasteiger partial charge in [-0.25, -0.2) is 4.79 Å². The van der Waals surface area contributed by atoms with Gasteiger partial charge in [0.1, 0.15) is 12.1 Å². The number of aliphatic carboxylic acids is 1. The van der Waals surface area contributed by atoms with E-state index in [9.17, 15) is 19.5 Å². The van der Waals surface area contributed by atoms with Crippen LogP contribution in [0.5, 0.6) is 0 Å². The summed E-state index contributed by atoms with van der Waals surface area (Å²) >= 11 is 1.82. The summed E-state index contributed by atoms with van der Waals surface area (Å²) in [5.74, 6) is 0.451. The maximum Gasteiger partial charge on any atom is 0.326 e. The second kappa shape index (κ2) is 11.0. The van der Waals surface area contributed by atoms with Crippen molar-refractivity contribution >= 4 is 29.6 Å². The number of aryl methyl sites for hydroxylation is 1. The third-order valence-electron chi connectivity index (χ3n) is 6.15. The molecule has 2 saturated heterocycles. The van der Waals surface area contributed by atoms with Crippen LogP contribution in [0, 0.1) is 5.92 Å². The highest BCUT2D eigenvalue weighted by Gasteiger charge is 2.48. The van der Waals surface area contributed by atoms with Crippen molar-refractivity contribution in [3.63, 3.8) is 0 Å². The second-order valence-corrected chi connectivity index (χ2v) is 9.39. The van der Waals surface area contributed by atoms with E-state index >= 15 is 0 Å². The number of ether oxygens (including phenoxy) is 1. The van der Waals surface area contributed by atoms with Gasteiger partial charge in [0.15, 0.2) is 0 Å². The zero-order valence-corrected chi connectivity index (χ0v) is 19.0. The number of amides is 1. The number of carboxylic acid groups (broad SMARTS) is 1. The lowest BCUT2D eigenvalue weighted by molar-refractivity contribution is -0.151. The summed E-state index contributed by atoms with van der Waals surface area (Å²) in [6.07, 6.45) is 2.47. The van der Waals surface area contributed by atoms with Gasteiger partial charge >= 0.3 is 11.9 Å². The predicted octanol–water partition coefficient (Wildman–Crippen LogP) is 2.34. The standard InChI is InChI=1S/C23H32N2O5S/c1-3-30-23(29)18(10-9-16-7-5-4-6-8-16)24-15(2)21(26)25-19-11-12-31-14-17(19)13-20(25)22(27)28/h4-8,15,17-20,24H,3,9-14H2,1-2H3,(H,27,28)/t15-,17?,18?,19?,20-/m0/s1. The van der Waals surface area contributed by atoms with Crippen LogP contribution < -0.4 is 5.32 Å². The summed E-state index contributed by atoms with van der Waals surface area (Å²) < 4.78 is 5.22. The molecule has 0 spiro atoms. The molecule has 1 amide bonds. The van der Waals surface area contributed by atoms with Crippen molar-refractivity contribution < 1.29 is 24.2 Å². The number of rotatable bonds is 9. The van der Waals surface area contributed by atoms with Gasteiger partial charge in [0.25, 0.3) is 0 Å². The van der Waals surface area contributed by atoms with Gasteiger partial charge in [-0.2, -0.15) is 11.8 Å². The van der Waals surface area contributed by atoms with Crippen molar-refractivity contribution in [2.75, 3.05) is 18.1 Å². The Morgan fingerprint density at radius 2 is 2.03 bits per heavy atom. The average molecular weight is 449 g/mol. The summed E-state index contributed by atoms with van der Waals surface area (Å²) in [7, 11) is 0. The highest BCUT2D eigenvalue weighted by molar-refractivity contribution is 7.99. The summed E-state index contributed by atoms with van der Waals surface area (Å²) in [4.78, 5) is 39.3. The minimum atomic E-state index is -0.953. The number of benzene rings is 1. The molecule has 2 heterocycles. The SMILES string of the molecule is CCOC(=O)C(CCc1ccccc1)N[C@@H](C)C(=O)N1C2CCSCC2C[C@H]1C(=O)O. The number of likely N-dealkylation sites (tertiary alicyclic amines) is 1. The molecule has 2 aliphatic rings. The van der Waals surface area contributed by atoms with Gasteiger partial charge in [-0.15, -0.1) is 0 Å². The van der Waals surface area contributed by atoms with E-state index in [4.69, 9.17) is 4.74 Å². The third-order valence-corrected chi connectivity index (χ3v) is 7.34. The molecule has 8 heteroatoms. The predicted molar refractivity (Wildman–Crippen MR) is 120 cm³/mol. The lowest BCUT2D eigenvalue weighted by atomic mass is 9.98. The molecule has 0 aliphatic carbocycles. The highest BCUT2D eigenvalue weighted by Crippen LogP contribution is 2.39. The molecule has 2 N–H and O–H groups in total. The zero-order valence-electron chi connectivity index (χ0n) is 18.2. The number of carboxylic acids is 1. The van der Waals surface area contributed by atoms with Crippen molar-refractivity contribution in [2.24, 2.45) is 5.92 Å². The van der Waals surface area contributed by atoms with Gasteiger partial charge in [-0.3, -0.25) is 14.9 Å². The van der Waals surface area contributed by atoms with E-state index in [1.807, 2.05) is 42.1 Å². The molecular formula is C23H32N2O5S. The van der Waals surface area contributed by atoms with Crippen LogP contribution in [0.4, 0.5) is 0 Å². The van der Waals surface area contributed by atoms with Crippen LogP contribution in [0.2, 0.25) is 0 Å². The molecule has 7 nitrogen and oxygen atoms in total. The fraction of sp³-hybridized carbons (Fsp3) is 0.609. The molecule has 2 fully saturated rings. The number of thioether (sulfide) groups is 1. The number of fused-ring (bicyclic) bond motifs is 1. The number of carbonyl (C=O) groups excluding carboxylic acids is 2. The minimum absolute atomic E-state index is 0.0375. The largest absolute Gasteiger partial charge is 0.480 e. The lowest BCUT2D eigenvalue weighted by Crippen LogP contribution is -2.56. The molecular weight excluding hydrogens is 416 g/mol. The number of hydrogen-bond donors (Lipinski definition) is 2. The number of nitrogens with zero attached hydrogens (tertiary/aromatic N) is 1. The molecule has 2 aliphatic heterocycles. The van der Waals surface area contributed by atoms with Gasteiger partial charge < -0.3 is 14.7 Å². The summed E-state index contributed by atoms with van der Waals surface area (Å²) in [5, 5.41) is 12.9. The Bertz CT molecular complexity index is 774. The van der Waals surface area contributed by atoms with Crippen LogP contribution in [0.1, 0.15) is 38.7 Å². The Kier molecular flexibility index (Phi) is 8.37. The first-order valence-corrected chi connectivity index (χ1v) is 12.2. The zero-order chi connectivity index (χ0) is 22.4. The Morgan fingerprint density at radius 1 is 1.29 bits per heavy atom. The van der Waals surface area contributed by atoms with Crippen molar-refractivity contribution in [2.45, 2.75) is 63.7 Å². The Labute approximate surface area is 187 Å². The number of hydrogen-bond acceptors (Lipinski definition) is 6. The summed E-state index contributed by atoms with van der Waals surface area (Å²) in [6, 6.07) is 7.69. The number of nitrogens with one attached hydrogen (secondary N) is 1. The Morgan fingerprint density at radius 3 is 2.71 bits per heavy atom. The van der Waals surface area contributed by atoms with Crippen LogP contribution in [0.3, 0.4) is 0 Å². The topological polar surface area (TPSA) is 95.9 Å². The van der Waals surface area contributed by atoms with Crippen molar-refractivity contribution in [3.05, 3.63) is 35.9 Å². The smallest absolute Gasteiger partial charge is 0.326 e. The molecule has 31 heavy (non-hydrogen) atoms. The van der Waals surface area contributed by atoms with E-state index in [1.54, 1.807) is 18.7 Å². The Hall–Kier alpha value is -2.06. The molecule has 170 valence electrons. The fourth-order valence-electron chi connectivity index (χ4n) is 4.61. The summed E-state index contributed by atoms with van der Waals surface area (Å²) in [6.45, 7) is 3.73. The van der Waals surface area contributed by atoms with Gasteiger partial charge in [0.05, 0.1) is 12.6 Å². The van der Waals surface area contributed by atoms with Crippen LogP contribution in [0.25, 0.3) is 0 Å². The third kappa shape index (κ3) is 5.80. The van der Waals surface area contributed by atoms with E-state index in [0.717, 1.165) is 23.5 Å². The molecule has 0 bridgehead atoms. The van der Waals surface area contributed by atoms with Crippen molar-refractivity contribution in [3.8, 4) is 0 Å². The first-order chi connectivity index (χ1) is 14.9. The molecule has 1 aromatic carbocycles. The molecule has 0 aromatic heterocycles. The van der Waals surface area contributed by atoms with Gasteiger partial charge in [-0.1, -0.05) is 30.3 Å². The monoisotopic (exact) mass is 448 g/mol. The van der Waals surface area contributed by atoms with E-state index in [2.05, 4.69) is 5.32 Å². The van der Waals surface area contributed by atoms with Crippen molar-refractivity contribution in [1.82, 2.24) is 10.2 Å². The van der Waals surface area contributed by atoms with E-state index in [1.165, 1.54) is 0 Å². The van der Waals surface area contributed by atoms with Gasteiger partial charge in [0.2, 0.25) is 5.91 Å².